The fourth-order valence-corrected chi connectivity index (χ4v) is 4.30. The number of piperidine rings is 1. The van der Waals surface area contributed by atoms with Crippen LogP contribution in [0, 0.1) is 5.92 Å². The number of ether oxygens (including phenoxy) is 1. The van der Waals surface area contributed by atoms with Gasteiger partial charge in [0.1, 0.15) is 0 Å². The highest BCUT2D eigenvalue weighted by Crippen LogP contribution is 2.26. The monoisotopic (exact) mass is 262 g/mol. The van der Waals surface area contributed by atoms with Gasteiger partial charge in [0.15, 0.2) is 0 Å². The van der Waals surface area contributed by atoms with Crippen LogP contribution < -0.4 is 5.32 Å². The average molecular weight is 262 g/mol. The maximum atomic E-state index is 12.1. The number of fused-ring (bicyclic) bond motifs is 1. The fourth-order valence-electron chi connectivity index (χ4n) is 2.75. The van der Waals surface area contributed by atoms with Crippen LogP contribution >= 0.6 is 0 Å². The summed E-state index contributed by atoms with van der Waals surface area (Å²) in [6.07, 6.45) is 2.90. The summed E-state index contributed by atoms with van der Waals surface area (Å²) in [4.78, 5) is 0. The molecule has 0 spiro atoms. The smallest absolute Gasteiger partial charge is 0.214 e. The maximum absolute atomic E-state index is 12.1. The number of hydrogen-bond acceptors (Lipinski definition) is 4. The summed E-state index contributed by atoms with van der Waals surface area (Å²) in [5, 5.41) is 3.42. The first kappa shape index (κ1) is 13.3. The van der Waals surface area contributed by atoms with E-state index in [0.717, 1.165) is 13.0 Å². The van der Waals surface area contributed by atoms with Gasteiger partial charge in [-0.25, -0.2) is 12.7 Å². The summed E-state index contributed by atoms with van der Waals surface area (Å²) in [5.74, 6) is 0.723. The third-order valence-electron chi connectivity index (χ3n) is 3.71. The highest BCUT2D eigenvalue weighted by atomic mass is 32.2. The minimum Gasteiger partial charge on any atom is -0.385 e. The molecule has 2 fully saturated rings. The first-order chi connectivity index (χ1) is 8.13. The number of nitrogens with zero attached hydrogens (tertiary/aromatic N) is 1. The summed E-state index contributed by atoms with van der Waals surface area (Å²) < 4.78 is 30.7. The van der Waals surface area contributed by atoms with Crippen molar-refractivity contribution in [2.75, 3.05) is 39.1 Å². The van der Waals surface area contributed by atoms with Gasteiger partial charge in [-0.15, -0.1) is 0 Å². The molecule has 5 nitrogen and oxygen atoms in total. The van der Waals surface area contributed by atoms with Crippen LogP contribution in [-0.4, -0.2) is 57.9 Å². The molecule has 0 aromatic heterocycles. The topological polar surface area (TPSA) is 58.6 Å². The zero-order valence-corrected chi connectivity index (χ0v) is 11.2. The molecule has 0 aliphatic carbocycles. The molecule has 1 N–H and O–H groups in total. The van der Waals surface area contributed by atoms with E-state index < -0.39 is 10.0 Å². The van der Waals surface area contributed by atoms with Crippen molar-refractivity contribution in [3.8, 4) is 0 Å². The molecule has 0 aromatic rings. The van der Waals surface area contributed by atoms with Gasteiger partial charge >= 0.3 is 0 Å². The van der Waals surface area contributed by atoms with Crippen LogP contribution in [0.3, 0.4) is 0 Å². The van der Waals surface area contributed by atoms with Crippen LogP contribution in [0.15, 0.2) is 0 Å². The Labute approximate surface area is 104 Å². The summed E-state index contributed by atoms with van der Waals surface area (Å²) in [6.45, 7) is 2.89. The first-order valence-corrected chi connectivity index (χ1v) is 7.94. The standard InChI is InChI=1S/C11H22N2O3S/c1-16-6-3-7-17(14,15)13-8-10-4-2-5-12-11(10)9-13/h10-12H,2-9H2,1H3/t10-,11+/m0/s1. The molecular formula is C11H22N2O3S. The van der Waals surface area contributed by atoms with Crippen LogP contribution in [0.2, 0.25) is 0 Å². The third kappa shape index (κ3) is 3.19. The average Bonchev–Trinajstić information content (AvgIpc) is 2.73. The lowest BCUT2D eigenvalue weighted by molar-refractivity contribution is 0.199. The third-order valence-corrected chi connectivity index (χ3v) is 5.60. The lowest BCUT2D eigenvalue weighted by atomic mass is 9.94. The van der Waals surface area contributed by atoms with E-state index in [4.69, 9.17) is 4.74 Å². The molecule has 0 aromatic carbocycles. The van der Waals surface area contributed by atoms with Crippen molar-refractivity contribution in [3.63, 3.8) is 0 Å². The van der Waals surface area contributed by atoms with Gasteiger partial charge < -0.3 is 10.1 Å². The van der Waals surface area contributed by atoms with E-state index >= 15 is 0 Å². The largest absolute Gasteiger partial charge is 0.385 e. The van der Waals surface area contributed by atoms with Crippen LogP contribution in [0.5, 0.6) is 0 Å². The summed E-state index contributed by atoms with van der Waals surface area (Å²) in [6, 6.07) is 0.376. The molecule has 0 saturated carbocycles. The van der Waals surface area contributed by atoms with E-state index in [1.54, 1.807) is 11.4 Å². The van der Waals surface area contributed by atoms with Crippen molar-refractivity contribution in [2.45, 2.75) is 25.3 Å². The molecule has 2 saturated heterocycles. The van der Waals surface area contributed by atoms with Crippen LogP contribution in [0.25, 0.3) is 0 Å². The molecule has 6 heteroatoms. The molecule has 2 aliphatic rings. The molecule has 2 rings (SSSR count). The number of hydrogen-bond donors (Lipinski definition) is 1. The summed E-state index contributed by atoms with van der Waals surface area (Å²) in [7, 11) is -1.48. The minimum atomic E-state index is -3.08. The lowest BCUT2D eigenvalue weighted by Gasteiger charge is -2.24. The molecule has 0 bridgehead atoms. The van der Waals surface area contributed by atoms with E-state index in [0.29, 0.717) is 38.1 Å². The van der Waals surface area contributed by atoms with E-state index in [-0.39, 0.29) is 5.75 Å². The SMILES string of the molecule is COCCCS(=O)(=O)N1C[C@@H]2CCCN[C@@H]2C1. The maximum Gasteiger partial charge on any atom is 0.214 e. The van der Waals surface area contributed by atoms with Crippen molar-refractivity contribution < 1.29 is 13.2 Å². The van der Waals surface area contributed by atoms with Crippen LogP contribution in [0.4, 0.5) is 0 Å². The van der Waals surface area contributed by atoms with Gasteiger partial charge in [-0.2, -0.15) is 0 Å². The molecule has 0 radical (unpaired) electrons. The highest BCUT2D eigenvalue weighted by Gasteiger charge is 2.39. The Morgan fingerprint density at radius 3 is 2.94 bits per heavy atom. The number of rotatable bonds is 5. The second kappa shape index (κ2) is 5.65. The molecule has 2 heterocycles. The molecular weight excluding hydrogens is 240 g/mol. The Kier molecular flexibility index (Phi) is 4.41. The van der Waals surface area contributed by atoms with E-state index in [2.05, 4.69) is 5.32 Å². The first-order valence-electron chi connectivity index (χ1n) is 6.33. The summed E-state index contributed by atoms with van der Waals surface area (Å²) in [5.41, 5.74) is 0. The molecule has 0 amide bonds. The molecule has 100 valence electrons. The van der Waals surface area contributed by atoms with Crippen molar-refractivity contribution in [2.24, 2.45) is 5.92 Å². The number of methoxy groups -OCH3 is 1. The molecule has 0 unspecified atom stereocenters. The van der Waals surface area contributed by atoms with Crippen molar-refractivity contribution in [1.29, 1.82) is 0 Å². The van der Waals surface area contributed by atoms with Gasteiger partial charge in [0.05, 0.1) is 5.75 Å². The number of sulfonamides is 1. The quantitative estimate of drug-likeness (QED) is 0.711. The lowest BCUT2D eigenvalue weighted by Crippen LogP contribution is -2.41. The predicted molar refractivity (Wildman–Crippen MR) is 66.4 cm³/mol. The normalized spacial score (nSPS) is 30.4. The van der Waals surface area contributed by atoms with Crippen molar-refractivity contribution >= 4 is 10.0 Å². The van der Waals surface area contributed by atoms with Gasteiger partial charge in [0.25, 0.3) is 0 Å². The van der Waals surface area contributed by atoms with Crippen LogP contribution in [-0.2, 0) is 14.8 Å². The second-order valence-corrected chi connectivity index (χ2v) is 7.03. The Bertz CT molecular complexity index is 331. The van der Waals surface area contributed by atoms with Crippen LogP contribution in [0.1, 0.15) is 19.3 Å². The molecule has 2 atom stereocenters. The Morgan fingerprint density at radius 1 is 1.41 bits per heavy atom. The van der Waals surface area contributed by atoms with Gasteiger partial charge in [0.2, 0.25) is 10.0 Å². The van der Waals surface area contributed by atoms with Gasteiger partial charge in [-0.05, 0) is 31.7 Å². The molecule has 17 heavy (non-hydrogen) atoms. The Balaban J connectivity index is 1.89. The predicted octanol–water partition coefficient (Wildman–Crippen LogP) is 0.0365. The highest BCUT2D eigenvalue weighted by molar-refractivity contribution is 7.89. The Morgan fingerprint density at radius 2 is 2.24 bits per heavy atom. The van der Waals surface area contributed by atoms with Gasteiger partial charge in [-0.3, -0.25) is 0 Å². The zero-order chi connectivity index (χ0) is 12.3. The zero-order valence-electron chi connectivity index (χ0n) is 10.4. The number of nitrogens with one attached hydrogen (secondary N) is 1. The second-order valence-electron chi connectivity index (χ2n) is 4.94. The molecule has 2 aliphatic heterocycles. The van der Waals surface area contributed by atoms with Gasteiger partial charge in [-0.1, -0.05) is 0 Å². The van der Waals surface area contributed by atoms with Crippen molar-refractivity contribution in [1.82, 2.24) is 9.62 Å². The van der Waals surface area contributed by atoms with E-state index in [1.165, 1.54) is 6.42 Å². The van der Waals surface area contributed by atoms with Crippen molar-refractivity contribution in [3.05, 3.63) is 0 Å². The van der Waals surface area contributed by atoms with E-state index in [1.807, 2.05) is 0 Å². The van der Waals surface area contributed by atoms with Gasteiger partial charge in [0, 0.05) is 32.8 Å². The van der Waals surface area contributed by atoms with E-state index in [9.17, 15) is 8.42 Å². The Hall–Kier alpha value is -0.170. The summed E-state index contributed by atoms with van der Waals surface area (Å²) >= 11 is 0. The minimum absolute atomic E-state index is 0.209. The fraction of sp³-hybridized carbons (Fsp3) is 1.00.